The molecule has 1 aliphatic heterocycles. The Balaban J connectivity index is 1.49. The van der Waals surface area contributed by atoms with Gasteiger partial charge in [0.05, 0.1) is 18.2 Å². The van der Waals surface area contributed by atoms with Crippen molar-refractivity contribution in [1.82, 2.24) is 9.29 Å². The summed E-state index contributed by atoms with van der Waals surface area (Å²) in [5.41, 5.74) is 6.29. The van der Waals surface area contributed by atoms with Crippen molar-refractivity contribution in [2.45, 2.75) is 44.0 Å². The van der Waals surface area contributed by atoms with Crippen molar-refractivity contribution in [3.63, 3.8) is 0 Å². The van der Waals surface area contributed by atoms with E-state index in [0.29, 0.717) is 11.1 Å². The summed E-state index contributed by atoms with van der Waals surface area (Å²) in [4.78, 5) is 4.32. The molecule has 36 heavy (non-hydrogen) atoms. The number of rotatable bonds is 8. The zero-order valence-corrected chi connectivity index (χ0v) is 23.1. The van der Waals surface area contributed by atoms with Gasteiger partial charge in [-0.3, -0.25) is 0 Å². The van der Waals surface area contributed by atoms with Crippen molar-refractivity contribution < 1.29 is 13.9 Å². The summed E-state index contributed by atoms with van der Waals surface area (Å²) >= 11 is 4.89. The Hall–Kier alpha value is -2.48. The second-order valence-electron chi connectivity index (χ2n) is 9.11. The Labute approximate surface area is 224 Å². The maximum atomic E-state index is 14.3. The van der Waals surface area contributed by atoms with E-state index in [1.54, 1.807) is 31.2 Å². The number of halogens is 2. The number of benzene rings is 3. The Bertz CT molecular complexity index is 1390. The van der Waals surface area contributed by atoms with Crippen molar-refractivity contribution >= 4 is 38.8 Å². The smallest absolute Gasteiger partial charge is 0.161 e. The molecule has 3 aromatic carbocycles. The van der Waals surface area contributed by atoms with Crippen molar-refractivity contribution in [2.75, 3.05) is 20.3 Å². The van der Waals surface area contributed by atoms with E-state index >= 15 is 0 Å². The van der Waals surface area contributed by atoms with Gasteiger partial charge in [0.2, 0.25) is 0 Å². The van der Waals surface area contributed by atoms with Crippen molar-refractivity contribution in [3.05, 3.63) is 87.3 Å². The van der Waals surface area contributed by atoms with Crippen LogP contribution >= 0.6 is 27.9 Å². The largest absolute Gasteiger partial charge is 0.493 e. The van der Waals surface area contributed by atoms with Crippen LogP contribution in [-0.4, -0.2) is 29.6 Å². The quantitative estimate of drug-likeness (QED) is 0.218. The summed E-state index contributed by atoms with van der Waals surface area (Å²) in [5, 5.41) is 1.28. The minimum atomic E-state index is -0.244. The molecule has 5 rings (SSSR count). The molecule has 1 unspecified atom stereocenters. The minimum absolute atomic E-state index is 0.144. The summed E-state index contributed by atoms with van der Waals surface area (Å²) < 4.78 is 28.7. The molecule has 1 aromatic heterocycles. The van der Waals surface area contributed by atoms with Crippen LogP contribution in [0, 0.1) is 12.7 Å². The summed E-state index contributed by atoms with van der Waals surface area (Å²) in [6.07, 6.45) is 4.88. The molecular formula is C29H30BrFN2O2S. The van der Waals surface area contributed by atoms with Crippen LogP contribution < -0.4 is 9.47 Å². The number of hydrogen-bond donors (Lipinski definition) is 1. The fourth-order valence-electron chi connectivity index (χ4n) is 4.98. The second-order valence-corrected chi connectivity index (χ2v) is 11.1. The lowest BCUT2D eigenvalue weighted by molar-refractivity contribution is 0.299. The fraction of sp³-hybridized carbons (Fsp3) is 0.310. The predicted octanol–water partition coefficient (Wildman–Crippen LogP) is 8.02. The van der Waals surface area contributed by atoms with E-state index in [1.165, 1.54) is 33.2 Å². The van der Waals surface area contributed by atoms with Gasteiger partial charge in [-0.1, -0.05) is 11.6 Å². The third kappa shape index (κ3) is 5.15. The summed E-state index contributed by atoms with van der Waals surface area (Å²) in [6, 6.07) is 16.3. The summed E-state index contributed by atoms with van der Waals surface area (Å²) in [5.74, 6) is 1.30. The minimum Gasteiger partial charge on any atom is -0.493 e. The number of nitrogens with zero attached hydrogens (tertiary/aromatic N) is 1. The Morgan fingerprint density at radius 1 is 1.14 bits per heavy atom. The highest BCUT2D eigenvalue weighted by molar-refractivity contribution is 9.10. The Morgan fingerprint density at radius 3 is 2.78 bits per heavy atom. The molecule has 0 spiro atoms. The first-order chi connectivity index (χ1) is 17.5. The standard InChI is InChI=1S/C29H30BrFN2O2S/c1-4-35-29-16-23-19(14-28(29)34-3)11-12-33(36-21-7-8-24(30)25(31)15-21)27(23)10-6-20-17-32-26-9-5-18(2)13-22(20)26/h5,7-9,13-17,27,32H,4,6,10-12H2,1-3H3. The number of fused-ring (bicyclic) bond motifs is 2. The number of aryl methyl sites for hydroxylation is 2. The van der Waals surface area contributed by atoms with Gasteiger partial charge in [-0.2, -0.15) is 0 Å². The first-order valence-corrected chi connectivity index (χ1v) is 13.8. The number of H-pyrrole nitrogens is 1. The van der Waals surface area contributed by atoms with Crippen LogP contribution in [0.3, 0.4) is 0 Å². The average molecular weight is 570 g/mol. The van der Waals surface area contributed by atoms with Crippen LogP contribution in [-0.2, 0) is 12.8 Å². The molecule has 1 N–H and O–H groups in total. The van der Waals surface area contributed by atoms with Gasteiger partial charge in [0.25, 0.3) is 0 Å². The average Bonchev–Trinajstić information content (AvgIpc) is 3.27. The molecule has 0 fully saturated rings. The van der Waals surface area contributed by atoms with Crippen LogP contribution in [0.2, 0.25) is 0 Å². The van der Waals surface area contributed by atoms with E-state index in [1.807, 2.05) is 13.0 Å². The summed E-state index contributed by atoms with van der Waals surface area (Å²) in [6.45, 7) is 5.56. The molecule has 188 valence electrons. The van der Waals surface area contributed by atoms with E-state index < -0.39 is 0 Å². The molecule has 0 aliphatic carbocycles. The zero-order valence-electron chi connectivity index (χ0n) is 20.7. The van der Waals surface area contributed by atoms with Crippen molar-refractivity contribution in [3.8, 4) is 11.5 Å². The van der Waals surface area contributed by atoms with E-state index in [4.69, 9.17) is 9.47 Å². The fourth-order valence-corrected chi connectivity index (χ4v) is 6.31. The van der Waals surface area contributed by atoms with Crippen LogP contribution in [0.1, 0.15) is 41.6 Å². The van der Waals surface area contributed by atoms with Gasteiger partial charge in [-0.05, 0) is 120 Å². The molecular weight excluding hydrogens is 539 g/mol. The van der Waals surface area contributed by atoms with E-state index in [-0.39, 0.29) is 11.9 Å². The monoisotopic (exact) mass is 568 g/mol. The third-order valence-electron chi connectivity index (χ3n) is 6.76. The van der Waals surface area contributed by atoms with Gasteiger partial charge in [-0.25, -0.2) is 8.70 Å². The molecule has 0 bridgehead atoms. The molecule has 7 heteroatoms. The van der Waals surface area contributed by atoms with Crippen molar-refractivity contribution in [1.29, 1.82) is 0 Å². The van der Waals surface area contributed by atoms with Crippen LogP contribution in [0.15, 0.2) is 64.1 Å². The number of nitrogens with one attached hydrogen (secondary N) is 1. The first-order valence-electron chi connectivity index (χ1n) is 12.3. The highest BCUT2D eigenvalue weighted by atomic mass is 79.9. The molecule has 0 amide bonds. The lowest BCUT2D eigenvalue weighted by Gasteiger charge is -2.37. The topological polar surface area (TPSA) is 37.5 Å². The Kier molecular flexibility index (Phi) is 7.60. The van der Waals surface area contributed by atoms with E-state index in [2.05, 4.69) is 68.7 Å². The molecule has 0 saturated heterocycles. The third-order valence-corrected chi connectivity index (χ3v) is 8.54. The lowest BCUT2D eigenvalue weighted by Crippen LogP contribution is -2.31. The number of hydrogen-bond acceptors (Lipinski definition) is 4. The van der Waals surface area contributed by atoms with E-state index in [0.717, 1.165) is 42.2 Å². The molecule has 4 nitrogen and oxygen atoms in total. The number of methoxy groups -OCH3 is 1. The number of aromatic nitrogens is 1. The predicted molar refractivity (Wildman–Crippen MR) is 149 cm³/mol. The van der Waals surface area contributed by atoms with Gasteiger partial charge < -0.3 is 14.5 Å². The van der Waals surface area contributed by atoms with Crippen molar-refractivity contribution in [2.24, 2.45) is 0 Å². The molecule has 2 heterocycles. The van der Waals surface area contributed by atoms with Crippen LogP contribution in [0.25, 0.3) is 10.9 Å². The normalized spacial score (nSPS) is 15.8. The molecule has 0 radical (unpaired) electrons. The molecule has 4 aromatic rings. The highest BCUT2D eigenvalue weighted by Crippen LogP contribution is 2.44. The van der Waals surface area contributed by atoms with Gasteiger partial charge in [0.1, 0.15) is 5.82 Å². The Morgan fingerprint density at radius 2 is 2.00 bits per heavy atom. The highest BCUT2D eigenvalue weighted by Gasteiger charge is 2.30. The van der Waals surface area contributed by atoms with Gasteiger partial charge in [0, 0.05) is 34.6 Å². The molecule has 1 atom stereocenters. The molecule has 1 aliphatic rings. The molecule has 0 saturated carbocycles. The summed E-state index contributed by atoms with van der Waals surface area (Å²) in [7, 11) is 1.69. The van der Waals surface area contributed by atoms with Crippen LogP contribution in [0.4, 0.5) is 4.39 Å². The maximum Gasteiger partial charge on any atom is 0.161 e. The SMILES string of the molecule is CCOc1cc2c(cc1OC)CCN(Sc1ccc(Br)c(F)c1)C2CCc1c[nH]c2ccc(C)cc12. The van der Waals surface area contributed by atoms with E-state index in [9.17, 15) is 4.39 Å². The first kappa shape index (κ1) is 25.2. The van der Waals surface area contributed by atoms with Gasteiger partial charge in [-0.15, -0.1) is 0 Å². The van der Waals surface area contributed by atoms with Gasteiger partial charge >= 0.3 is 0 Å². The van der Waals surface area contributed by atoms with Crippen LogP contribution in [0.5, 0.6) is 11.5 Å². The zero-order chi connectivity index (χ0) is 25.2. The lowest BCUT2D eigenvalue weighted by atomic mass is 9.90. The number of ether oxygens (including phenoxy) is 2. The number of aromatic amines is 1. The maximum absolute atomic E-state index is 14.3. The van der Waals surface area contributed by atoms with Gasteiger partial charge in [0.15, 0.2) is 11.5 Å². The second kappa shape index (κ2) is 10.9.